The van der Waals surface area contributed by atoms with Crippen LogP contribution in [0.25, 0.3) is 0 Å². The minimum absolute atomic E-state index is 0.264. The van der Waals surface area contributed by atoms with Gasteiger partial charge >= 0.3 is 0 Å². The molecule has 1 rings (SSSR count). The van der Waals surface area contributed by atoms with Gasteiger partial charge in [0.2, 0.25) is 0 Å². The van der Waals surface area contributed by atoms with Gasteiger partial charge in [0.1, 0.15) is 0 Å². The van der Waals surface area contributed by atoms with E-state index in [0.717, 1.165) is 18.7 Å². The van der Waals surface area contributed by atoms with Gasteiger partial charge in [-0.15, -0.1) is 0 Å². The van der Waals surface area contributed by atoms with Gasteiger partial charge in [-0.3, -0.25) is 0 Å². The maximum absolute atomic E-state index is 6.04. The van der Waals surface area contributed by atoms with E-state index in [4.69, 9.17) is 5.73 Å². The number of unbranched alkanes of at least 4 members (excludes halogenated alkanes) is 1. The molecule has 2 nitrogen and oxygen atoms in total. The SMILES string of the molecule is CCCCC(N)CNc1ccc(CSCC)cc1. The summed E-state index contributed by atoms with van der Waals surface area (Å²) in [6, 6.07) is 8.96. The van der Waals surface area contributed by atoms with E-state index in [9.17, 15) is 0 Å². The maximum atomic E-state index is 6.04. The molecule has 0 aliphatic rings. The Labute approximate surface area is 116 Å². The number of hydrogen-bond acceptors (Lipinski definition) is 3. The van der Waals surface area contributed by atoms with Crippen molar-refractivity contribution in [2.45, 2.75) is 44.9 Å². The lowest BCUT2D eigenvalue weighted by molar-refractivity contribution is 0.596. The second-order valence-corrected chi connectivity index (χ2v) is 5.89. The van der Waals surface area contributed by atoms with Crippen LogP contribution in [0.15, 0.2) is 24.3 Å². The van der Waals surface area contributed by atoms with E-state index in [1.807, 2.05) is 11.8 Å². The van der Waals surface area contributed by atoms with E-state index < -0.39 is 0 Å². The zero-order valence-electron chi connectivity index (χ0n) is 11.6. The molecule has 0 heterocycles. The zero-order valence-corrected chi connectivity index (χ0v) is 12.4. The molecular formula is C15H26N2S. The molecule has 0 saturated heterocycles. The molecule has 0 aliphatic heterocycles. The number of nitrogens with one attached hydrogen (secondary N) is 1. The fourth-order valence-corrected chi connectivity index (χ4v) is 2.39. The molecule has 3 N–H and O–H groups in total. The first-order valence-corrected chi connectivity index (χ1v) is 8.07. The van der Waals surface area contributed by atoms with Crippen molar-refractivity contribution in [3.8, 4) is 0 Å². The number of anilines is 1. The lowest BCUT2D eigenvalue weighted by Crippen LogP contribution is -2.28. The van der Waals surface area contributed by atoms with Crippen LogP contribution in [0.3, 0.4) is 0 Å². The molecule has 1 aromatic rings. The zero-order chi connectivity index (χ0) is 13.2. The number of thioether (sulfide) groups is 1. The number of hydrogen-bond donors (Lipinski definition) is 2. The first kappa shape index (κ1) is 15.4. The number of rotatable bonds is 9. The smallest absolute Gasteiger partial charge is 0.0340 e. The van der Waals surface area contributed by atoms with Crippen molar-refractivity contribution < 1.29 is 0 Å². The number of nitrogens with two attached hydrogens (primary N) is 1. The highest BCUT2D eigenvalue weighted by Crippen LogP contribution is 2.15. The second kappa shape index (κ2) is 9.29. The Bertz CT molecular complexity index is 311. The highest BCUT2D eigenvalue weighted by molar-refractivity contribution is 7.98. The Kier molecular flexibility index (Phi) is 7.94. The lowest BCUT2D eigenvalue weighted by Gasteiger charge is -2.13. The molecule has 18 heavy (non-hydrogen) atoms. The molecule has 0 saturated carbocycles. The summed E-state index contributed by atoms with van der Waals surface area (Å²) in [6.45, 7) is 5.26. The Morgan fingerprint density at radius 2 is 1.94 bits per heavy atom. The molecule has 0 amide bonds. The van der Waals surface area contributed by atoms with Crippen molar-refractivity contribution in [3.63, 3.8) is 0 Å². The van der Waals surface area contributed by atoms with Crippen LogP contribution >= 0.6 is 11.8 Å². The van der Waals surface area contributed by atoms with Gasteiger partial charge in [0.15, 0.2) is 0 Å². The summed E-state index contributed by atoms with van der Waals surface area (Å²) < 4.78 is 0. The van der Waals surface area contributed by atoms with Gasteiger partial charge in [-0.05, 0) is 29.9 Å². The van der Waals surface area contributed by atoms with Crippen molar-refractivity contribution in [1.82, 2.24) is 0 Å². The fraction of sp³-hybridized carbons (Fsp3) is 0.600. The van der Waals surface area contributed by atoms with Crippen LogP contribution in [0.2, 0.25) is 0 Å². The maximum Gasteiger partial charge on any atom is 0.0340 e. The fourth-order valence-electron chi connectivity index (χ4n) is 1.76. The molecule has 0 bridgehead atoms. The average molecular weight is 266 g/mol. The van der Waals surface area contributed by atoms with E-state index in [-0.39, 0.29) is 6.04 Å². The van der Waals surface area contributed by atoms with E-state index in [0.29, 0.717) is 0 Å². The molecule has 0 aliphatic carbocycles. The van der Waals surface area contributed by atoms with Crippen molar-refractivity contribution in [2.75, 3.05) is 17.6 Å². The monoisotopic (exact) mass is 266 g/mol. The predicted molar refractivity (Wildman–Crippen MR) is 84.3 cm³/mol. The van der Waals surface area contributed by atoms with Gasteiger partial charge in [0.05, 0.1) is 0 Å². The normalized spacial score (nSPS) is 12.4. The first-order valence-electron chi connectivity index (χ1n) is 6.92. The van der Waals surface area contributed by atoms with Crippen molar-refractivity contribution in [3.05, 3.63) is 29.8 Å². The van der Waals surface area contributed by atoms with Crippen LogP contribution in [0.4, 0.5) is 5.69 Å². The van der Waals surface area contributed by atoms with Crippen LogP contribution < -0.4 is 11.1 Å². The summed E-state index contributed by atoms with van der Waals surface area (Å²) in [7, 11) is 0. The minimum atomic E-state index is 0.264. The van der Waals surface area contributed by atoms with Crippen LogP contribution in [-0.4, -0.2) is 18.3 Å². The van der Waals surface area contributed by atoms with E-state index in [1.54, 1.807) is 0 Å². The van der Waals surface area contributed by atoms with Crippen LogP contribution in [-0.2, 0) is 5.75 Å². The Morgan fingerprint density at radius 1 is 1.22 bits per heavy atom. The summed E-state index contributed by atoms with van der Waals surface area (Å²) >= 11 is 1.95. The molecule has 0 fully saturated rings. The van der Waals surface area contributed by atoms with E-state index >= 15 is 0 Å². The van der Waals surface area contributed by atoms with Crippen molar-refractivity contribution >= 4 is 17.4 Å². The summed E-state index contributed by atoms with van der Waals surface area (Å²) in [4.78, 5) is 0. The first-order chi connectivity index (χ1) is 8.76. The largest absolute Gasteiger partial charge is 0.383 e. The van der Waals surface area contributed by atoms with Gasteiger partial charge in [-0.1, -0.05) is 38.8 Å². The predicted octanol–water partition coefficient (Wildman–Crippen LogP) is 3.87. The van der Waals surface area contributed by atoms with E-state index in [2.05, 4.69) is 43.4 Å². The number of benzene rings is 1. The lowest BCUT2D eigenvalue weighted by atomic mass is 10.1. The van der Waals surface area contributed by atoms with Gasteiger partial charge in [0, 0.05) is 24.0 Å². The summed E-state index contributed by atoms with van der Waals surface area (Å²) in [5.41, 5.74) is 8.60. The molecular weight excluding hydrogens is 240 g/mol. The summed E-state index contributed by atoms with van der Waals surface area (Å²) in [5.74, 6) is 2.28. The average Bonchev–Trinajstić information content (AvgIpc) is 2.41. The third kappa shape index (κ3) is 6.31. The Balaban J connectivity index is 2.30. The molecule has 1 atom stereocenters. The minimum Gasteiger partial charge on any atom is -0.383 e. The summed E-state index contributed by atoms with van der Waals surface area (Å²) in [5, 5.41) is 3.40. The quantitative estimate of drug-likeness (QED) is 0.712. The Morgan fingerprint density at radius 3 is 2.56 bits per heavy atom. The van der Waals surface area contributed by atoms with E-state index in [1.165, 1.54) is 29.8 Å². The summed E-state index contributed by atoms with van der Waals surface area (Å²) in [6.07, 6.45) is 3.54. The van der Waals surface area contributed by atoms with Gasteiger partial charge in [0.25, 0.3) is 0 Å². The second-order valence-electron chi connectivity index (χ2n) is 4.62. The van der Waals surface area contributed by atoms with Crippen molar-refractivity contribution in [1.29, 1.82) is 0 Å². The third-order valence-corrected chi connectivity index (χ3v) is 3.87. The molecule has 1 aromatic carbocycles. The van der Waals surface area contributed by atoms with Gasteiger partial charge in [-0.2, -0.15) is 11.8 Å². The van der Waals surface area contributed by atoms with Gasteiger partial charge < -0.3 is 11.1 Å². The topological polar surface area (TPSA) is 38.0 Å². The molecule has 0 spiro atoms. The standard InChI is InChI=1S/C15H26N2S/c1-3-5-6-14(16)11-17-15-9-7-13(8-10-15)12-18-4-2/h7-10,14,17H,3-6,11-12,16H2,1-2H3. The third-order valence-electron chi connectivity index (χ3n) is 2.92. The van der Waals surface area contributed by atoms with Crippen molar-refractivity contribution in [2.24, 2.45) is 5.73 Å². The van der Waals surface area contributed by atoms with Crippen LogP contribution in [0.1, 0.15) is 38.7 Å². The molecule has 3 heteroatoms. The highest BCUT2D eigenvalue weighted by atomic mass is 32.2. The molecule has 0 radical (unpaired) electrons. The van der Waals surface area contributed by atoms with Crippen LogP contribution in [0.5, 0.6) is 0 Å². The van der Waals surface area contributed by atoms with Gasteiger partial charge in [-0.25, -0.2) is 0 Å². The molecule has 102 valence electrons. The van der Waals surface area contributed by atoms with Crippen LogP contribution in [0, 0.1) is 0 Å². The highest BCUT2D eigenvalue weighted by Gasteiger charge is 2.01. The molecule has 0 aromatic heterocycles. The molecule has 1 unspecified atom stereocenters. The Hall–Kier alpha value is -0.670.